The summed E-state index contributed by atoms with van der Waals surface area (Å²) in [4.78, 5) is 0. The lowest BCUT2D eigenvalue weighted by atomic mass is 9.97. The summed E-state index contributed by atoms with van der Waals surface area (Å²) in [5.41, 5.74) is 0.209. The molecule has 46 heavy (non-hydrogen) atoms. The van der Waals surface area contributed by atoms with Gasteiger partial charge < -0.3 is 14.2 Å². The van der Waals surface area contributed by atoms with Crippen LogP contribution in [-0.2, 0) is 22.0 Å². The molecule has 1 aliphatic heterocycles. The lowest BCUT2D eigenvalue weighted by Gasteiger charge is -2.29. The van der Waals surface area contributed by atoms with Crippen molar-refractivity contribution in [3.05, 3.63) is 113 Å². The van der Waals surface area contributed by atoms with E-state index < -0.39 is 47.0 Å². The van der Waals surface area contributed by atoms with Gasteiger partial charge in [-0.15, -0.1) is 0 Å². The highest BCUT2D eigenvalue weighted by molar-refractivity contribution is 5.71. The van der Waals surface area contributed by atoms with Crippen molar-refractivity contribution in [3.63, 3.8) is 0 Å². The van der Waals surface area contributed by atoms with E-state index in [1.54, 1.807) is 18.2 Å². The van der Waals surface area contributed by atoms with Gasteiger partial charge in [0.2, 0.25) is 0 Å². The van der Waals surface area contributed by atoms with E-state index in [-0.39, 0.29) is 11.1 Å². The van der Waals surface area contributed by atoms with Crippen LogP contribution in [0.5, 0.6) is 5.75 Å². The maximum atomic E-state index is 15.3. The summed E-state index contributed by atoms with van der Waals surface area (Å²) in [5.74, 6) is -5.05. The van der Waals surface area contributed by atoms with E-state index in [9.17, 15) is 22.0 Å². The van der Waals surface area contributed by atoms with Crippen molar-refractivity contribution < 1.29 is 40.6 Å². The first-order valence-electron chi connectivity index (χ1n) is 15.6. The van der Waals surface area contributed by atoms with Gasteiger partial charge in [0, 0.05) is 23.1 Å². The second-order valence-corrected chi connectivity index (χ2v) is 11.6. The minimum Gasteiger partial charge on any atom is -0.429 e. The fourth-order valence-corrected chi connectivity index (χ4v) is 5.62. The number of ether oxygens (including phenoxy) is 3. The Balaban J connectivity index is 1.28. The van der Waals surface area contributed by atoms with Crippen LogP contribution < -0.4 is 4.74 Å². The van der Waals surface area contributed by atoms with Crippen LogP contribution in [0.2, 0.25) is 0 Å². The van der Waals surface area contributed by atoms with Crippen LogP contribution in [0, 0.1) is 29.2 Å². The van der Waals surface area contributed by atoms with Crippen LogP contribution >= 0.6 is 0 Å². The van der Waals surface area contributed by atoms with Crippen molar-refractivity contribution >= 4 is 0 Å². The first-order valence-corrected chi connectivity index (χ1v) is 15.6. The van der Waals surface area contributed by atoms with Crippen molar-refractivity contribution in [1.29, 1.82) is 0 Å². The Kier molecular flexibility index (Phi) is 10.7. The quantitative estimate of drug-likeness (QED) is 0.114. The van der Waals surface area contributed by atoms with Gasteiger partial charge in [-0.05, 0) is 59.4 Å². The summed E-state index contributed by atoms with van der Waals surface area (Å²) in [6.45, 7) is 5.25. The zero-order valence-corrected chi connectivity index (χ0v) is 25.7. The van der Waals surface area contributed by atoms with Crippen LogP contribution in [-0.4, -0.2) is 13.2 Å². The summed E-state index contributed by atoms with van der Waals surface area (Å²) in [5, 5.41) is 0. The third-order valence-corrected chi connectivity index (χ3v) is 8.10. The van der Waals surface area contributed by atoms with Crippen LogP contribution in [0.15, 0.2) is 72.8 Å². The zero-order valence-electron chi connectivity index (χ0n) is 25.7. The molecule has 0 amide bonds. The number of alkyl halides is 2. The SMILES string of the molecule is CCCCCC1COC(c2ccc(-c3ccc(-c4cc(F)c(C(F)(F)Oc5ccc(CCC)c(F)c5)c(F)c4)c(F)c3)cc2)OC1. The topological polar surface area (TPSA) is 27.7 Å². The van der Waals surface area contributed by atoms with Gasteiger partial charge in [-0.1, -0.05) is 82.0 Å². The third-order valence-electron chi connectivity index (χ3n) is 8.10. The van der Waals surface area contributed by atoms with E-state index in [1.807, 2.05) is 19.1 Å². The van der Waals surface area contributed by atoms with Gasteiger partial charge in [-0.25, -0.2) is 17.6 Å². The average molecular weight is 643 g/mol. The van der Waals surface area contributed by atoms with Gasteiger partial charge in [0.1, 0.15) is 34.6 Å². The molecular weight excluding hydrogens is 606 g/mol. The van der Waals surface area contributed by atoms with Gasteiger partial charge in [0.15, 0.2) is 6.29 Å². The molecule has 1 heterocycles. The second-order valence-electron chi connectivity index (χ2n) is 11.6. The zero-order chi connectivity index (χ0) is 32.8. The summed E-state index contributed by atoms with van der Waals surface area (Å²) < 4.78 is 106. The Morgan fingerprint density at radius 1 is 0.696 bits per heavy atom. The third kappa shape index (κ3) is 7.76. The van der Waals surface area contributed by atoms with Crippen LogP contribution in [0.3, 0.4) is 0 Å². The monoisotopic (exact) mass is 642 g/mol. The van der Waals surface area contributed by atoms with E-state index in [4.69, 9.17) is 9.47 Å². The van der Waals surface area contributed by atoms with E-state index in [0.717, 1.165) is 37.0 Å². The molecule has 0 atom stereocenters. The van der Waals surface area contributed by atoms with E-state index >= 15 is 4.39 Å². The highest BCUT2D eigenvalue weighted by atomic mass is 19.3. The van der Waals surface area contributed by atoms with Crippen molar-refractivity contribution in [2.45, 2.75) is 64.8 Å². The van der Waals surface area contributed by atoms with Gasteiger partial charge in [0.05, 0.1) is 13.2 Å². The van der Waals surface area contributed by atoms with Crippen molar-refractivity contribution in [2.75, 3.05) is 13.2 Å². The molecule has 1 aliphatic rings. The Morgan fingerprint density at radius 2 is 1.35 bits per heavy atom. The molecule has 0 aliphatic carbocycles. The fraction of sp³-hybridized carbons (Fsp3) is 0.351. The molecule has 1 saturated heterocycles. The first-order chi connectivity index (χ1) is 22.1. The summed E-state index contributed by atoms with van der Waals surface area (Å²) >= 11 is 0. The number of aryl methyl sites for hydroxylation is 1. The number of benzene rings is 4. The maximum Gasteiger partial charge on any atom is 0.432 e. The van der Waals surface area contributed by atoms with E-state index in [1.165, 1.54) is 24.6 Å². The number of rotatable bonds is 12. The normalized spacial score (nSPS) is 16.9. The molecule has 4 aromatic rings. The highest BCUT2D eigenvalue weighted by Gasteiger charge is 2.41. The Bertz CT molecular complexity index is 1610. The Labute approximate surface area is 265 Å². The molecule has 0 radical (unpaired) electrons. The van der Waals surface area contributed by atoms with Gasteiger partial charge >= 0.3 is 6.11 Å². The van der Waals surface area contributed by atoms with Gasteiger partial charge in [-0.2, -0.15) is 8.78 Å². The molecule has 0 N–H and O–H groups in total. The Morgan fingerprint density at radius 3 is 1.96 bits per heavy atom. The minimum absolute atomic E-state index is 0.181. The van der Waals surface area contributed by atoms with Crippen molar-refractivity contribution in [3.8, 4) is 28.0 Å². The van der Waals surface area contributed by atoms with Gasteiger partial charge in [0.25, 0.3) is 0 Å². The molecule has 0 saturated carbocycles. The largest absolute Gasteiger partial charge is 0.432 e. The van der Waals surface area contributed by atoms with Crippen molar-refractivity contribution in [2.24, 2.45) is 5.92 Å². The van der Waals surface area contributed by atoms with E-state index in [2.05, 4.69) is 11.7 Å². The number of hydrogen-bond acceptors (Lipinski definition) is 3. The summed E-state index contributed by atoms with van der Waals surface area (Å²) in [6.07, 6.45) is 0.662. The van der Waals surface area contributed by atoms with Crippen molar-refractivity contribution in [1.82, 2.24) is 0 Å². The molecule has 3 nitrogen and oxygen atoms in total. The fourth-order valence-electron chi connectivity index (χ4n) is 5.62. The molecule has 0 spiro atoms. The van der Waals surface area contributed by atoms with Crippen LogP contribution in [0.25, 0.3) is 22.3 Å². The molecule has 0 bridgehead atoms. The van der Waals surface area contributed by atoms with Crippen LogP contribution in [0.4, 0.5) is 26.3 Å². The highest BCUT2D eigenvalue weighted by Crippen LogP contribution is 2.38. The second kappa shape index (κ2) is 14.7. The Hall–Kier alpha value is -3.82. The summed E-state index contributed by atoms with van der Waals surface area (Å²) in [6, 6.07) is 15.7. The number of hydrogen-bond donors (Lipinski definition) is 0. The van der Waals surface area contributed by atoms with Crippen LogP contribution in [0.1, 0.15) is 68.9 Å². The summed E-state index contributed by atoms with van der Waals surface area (Å²) in [7, 11) is 0. The number of halogens is 6. The minimum atomic E-state index is -4.47. The molecular formula is C37H36F6O3. The predicted octanol–water partition coefficient (Wildman–Crippen LogP) is 10.9. The molecule has 244 valence electrons. The first kappa shape index (κ1) is 33.5. The molecule has 4 aromatic carbocycles. The van der Waals surface area contributed by atoms with E-state index in [0.29, 0.717) is 60.8 Å². The molecule has 5 rings (SSSR count). The smallest absolute Gasteiger partial charge is 0.429 e. The lowest BCUT2D eigenvalue weighted by Crippen LogP contribution is -2.27. The lowest BCUT2D eigenvalue weighted by molar-refractivity contribution is -0.206. The molecule has 0 unspecified atom stereocenters. The maximum absolute atomic E-state index is 15.3. The number of unbranched alkanes of at least 4 members (excludes halogenated alkanes) is 2. The molecule has 1 fully saturated rings. The molecule has 0 aromatic heterocycles. The van der Waals surface area contributed by atoms with Gasteiger partial charge in [-0.3, -0.25) is 0 Å². The average Bonchev–Trinajstić information content (AvgIpc) is 3.02. The standard InChI is InChI=1S/C37H36F6O3/c1-3-5-6-8-23-21-44-36(45-22-23)26-11-9-24(10-12-26)27-14-16-30(32(39)17-27)28-18-33(40)35(34(41)19-28)37(42,43)46-29-15-13-25(7-4-2)31(38)20-29/h9-20,23,36H,3-8,21-22H2,1-2H3. The predicted molar refractivity (Wildman–Crippen MR) is 164 cm³/mol. The molecule has 9 heteroatoms.